The third kappa shape index (κ3) is 2.88. The maximum absolute atomic E-state index is 13.4. The number of rotatable bonds is 3. The van der Waals surface area contributed by atoms with Crippen LogP contribution in [0.3, 0.4) is 0 Å². The van der Waals surface area contributed by atoms with Crippen molar-refractivity contribution in [1.29, 1.82) is 0 Å². The van der Waals surface area contributed by atoms with Gasteiger partial charge in [-0.2, -0.15) is 0 Å². The predicted molar refractivity (Wildman–Crippen MR) is 87.0 cm³/mol. The van der Waals surface area contributed by atoms with E-state index < -0.39 is 0 Å². The Morgan fingerprint density at radius 1 is 1.33 bits per heavy atom. The second kappa shape index (κ2) is 5.60. The zero-order valence-corrected chi connectivity index (χ0v) is 13.9. The van der Waals surface area contributed by atoms with E-state index in [-0.39, 0.29) is 11.4 Å². The normalized spacial score (nSPS) is 29.8. The molecule has 5 heteroatoms. The van der Waals surface area contributed by atoms with Crippen LogP contribution in [0.1, 0.15) is 33.1 Å². The molecule has 0 amide bonds. The summed E-state index contributed by atoms with van der Waals surface area (Å²) >= 11 is 12.6. The Hall–Kier alpha value is -0.510. The lowest BCUT2D eigenvalue weighted by molar-refractivity contribution is 0.252. The number of hydrogen-bond donors (Lipinski definition) is 1. The Morgan fingerprint density at radius 3 is 2.48 bits per heavy atom. The van der Waals surface area contributed by atoms with Crippen molar-refractivity contribution in [2.75, 3.05) is 18.0 Å². The van der Waals surface area contributed by atoms with Crippen LogP contribution < -0.4 is 10.2 Å². The van der Waals surface area contributed by atoms with Crippen molar-refractivity contribution in [2.24, 2.45) is 5.92 Å². The fourth-order valence-electron chi connectivity index (χ4n) is 3.43. The molecule has 2 atom stereocenters. The topological polar surface area (TPSA) is 15.3 Å². The Morgan fingerprint density at radius 2 is 1.95 bits per heavy atom. The average molecular weight is 331 g/mol. The Balaban J connectivity index is 1.96. The molecule has 2 unspecified atom stereocenters. The van der Waals surface area contributed by atoms with Gasteiger partial charge >= 0.3 is 0 Å². The summed E-state index contributed by atoms with van der Waals surface area (Å²) in [5, 5.41) is 4.51. The highest BCUT2D eigenvalue weighted by Crippen LogP contribution is 2.44. The van der Waals surface area contributed by atoms with Gasteiger partial charge in [0.25, 0.3) is 0 Å². The first kappa shape index (κ1) is 15.4. The quantitative estimate of drug-likeness (QED) is 0.878. The number of nitrogens with zero attached hydrogens (tertiary/aromatic N) is 1. The van der Waals surface area contributed by atoms with Gasteiger partial charge in [-0.05, 0) is 44.2 Å². The maximum Gasteiger partial charge on any atom is 0.126 e. The fourth-order valence-corrected chi connectivity index (χ4v) is 4.11. The van der Waals surface area contributed by atoms with Crippen LogP contribution in [-0.2, 0) is 0 Å². The lowest BCUT2D eigenvalue weighted by atomic mass is 9.90. The summed E-state index contributed by atoms with van der Waals surface area (Å²) in [6.45, 7) is 6.20. The van der Waals surface area contributed by atoms with E-state index in [1.807, 2.05) is 0 Å². The highest BCUT2D eigenvalue weighted by atomic mass is 35.5. The Labute approximate surface area is 135 Å². The van der Waals surface area contributed by atoms with Gasteiger partial charge in [-0.25, -0.2) is 4.39 Å². The van der Waals surface area contributed by atoms with Crippen molar-refractivity contribution in [3.63, 3.8) is 0 Å². The zero-order valence-electron chi connectivity index (χ0n) is 12.4. The summed E-state index contributed by atoms with van der Waals surface area (Å²) in [4.78, 5) is 2.28. The van der Waals surface area contributed by atoms with E-state index in [9.17, 15) is 4.39 Å². The molecule has 0 aromatic heterocycles. The van der Waals surface area contributed by atoms with E-state index in [1.165, 1.54) is 25.0 Å². The van der Waals surface area contributed by atoms with Crippen LogP contribution in [-0.4, -0.2) is 24.7 Å². The minimum Gasteiger partial charge on any atom is -0.363 e. The molecule has 116 valence electrons. The standard InChI is InChI=1S/C16H21Cl2FN2/c1-3-12-8-20-16(2,10-4-5-10)9-21(12)15-13(17)6-11(19)7-14(15)18/h6-7,10,12,20H,3-5,8-9H2,1-2H3. The van der Waals surface area contributed by atoms with Gasteiger partial charge in [-0.15, -0.1) is 0 Å². The number of halogens is 3. The van der Waals surface area contributed by atoms with Crippen LogP contribution in [0.5, 0.6) is 0 Å². The molecular weight excluding hydrogens is 310 g/mol. The van der Waals surface area contributed by atoms with E-state index in [0.29, 0.717) is 16.1 Å². The monoisotopic (exact) mass is 330 g/mol. The number of benzene rings is 1. The first-order chi connectivity index (χ1) is 9.94. The largest absolute Gasteiger partial charge is 0.363 e. The first-order valence-corrected chi connectivity index (χ1v) is 8.36. The molecular formula is C16H21Cl2FN2. The zero-order chi connectivity index (χ0) is 15.2. The van der Waals surface area contributed by atoms with Crippen molar-refractivity contribution in [3.8, 4) is 0 Å². The molecule has 0 spiro atoms. The highest BCUT2D eigenvalue weighted by Gasteiger charge is 2.46. The van der Waals surface area contributed by atoms with Gasteiger partial charge < -0.3 is 10.2 Å². The summed E-state index contributed by atoms with van der Waals surface area (Å²) in [7, 11) is 0. The van der Waals surface area contributed by atoms with Gasteiger partial charge in [0.1, 0.15) is 5.82 Å². The van der Waals surface area contributed by atoms with Crippen LogP contribution >= 0.6 is 23.2 Å². The van der Waals surface area contributed by atoms with Crippen molar-refractivity contribution >= 4 is 28.9 Å². The molecule has 1 N–H and O–H groups in total. The first-order valence-electron chi connectivity index (χ1n) is 7.61. The molecule has 1 aromatic rings. The predicted octanol–water partition coefficient (Wildman–Crippen LogP) is 4.49. The van der Waals surface area contributed by atoms with Gasteiger partial charge in [0.15, 0.2) is 0 Å². The van der Waals surface area contributed by atoms with E-state index in [2.05, 4.69) is 24.1 Å². The summed E-state index contributed by atoms with van der Waals surface area (Å²) in [5.41, 5.74) is 0.868. The maximum atomic E-state index is 13.4. The SMILES string of the molecule is CCC1CNC(C)(C2CC2)CN1c1c(Cl)cc(F)cc1Cl. The summed E-state index contributed by atoms with van der Waals surface area (Å²) in [6, 6.07) is 3.04. The minimum atomic E-state index is -0.387. The van der Waals surface area contributed by atoms with Crippen molar-refractivity contribution in [2.45, 2.75) is 44.7 Å². The second-order valence-corrected chi connectivity index (χ2v) is 7.30. The molecule has 1 aromatic carbocycles. The van der Waals surface area contributed by atoms with Crippen LogP contribution in [0.4, 0.5) is 10.1 Å². The number of nitrogens with one attached hydrogen (secondary N) is 1. The van der Waals surface area contributed by atoms with Gasteiger partial charge in [0, 0.05) is 24.7 Å². The van der Waals surface area contributed by atoms with E-state index in [1.54, 1.807) is 0 Å². The van der Waals surface area contributed by atoms with Gasteiger partial charge in [0.05, 0.1) is 15.7 Å². The Bertz CT molecular complexity index is 524. The smallest absolute Gasteiger partial charge is 0.126 e. The lowest BCUT2D eigenvalue weighted by Gasteiger charge is -2.48. The Kier molecular flexibility index (Phi) is 4.10. The van der Waals surface area contributed by atoms with E-state index in [0.717, 1.165) is 31.1 Å². The third-order valence-electron chi connectivity index (χ3n) is 4.90. The van der Waals surface area contributed by atoms with Gasteiger partial charge in [0.2, 0.25) is 0 Å². The van der Waals surface area contributed by atoms with E-state index in [4.69, 9.17) is 23.2 Å². The molecule has 0 bridgehead atoms. The summed E-state index contributed by atoms with van der Waals surface area (Å²) in [5.74, 6) is 0.331. The van der Waals surface area contributed by atoms with Crippen molar-refractivity contribution in [3.05, 3.63) is 28.0 Å². The van der Waals surface area contributed by atoms with Crippen molar-refractivity contribution < 1.29 is 4.39 Å². The van der Waals surface area contributed by atoms with Crippen LogP contribution in [0.15, 0.2) is 12.1 Å². The van der Waals surface area contributed by atoms with Gasteiger partial charge in [-0.3, -0.25) is 0 Å². The highest BCUT2D eigenvalue weighted by molar-refractivity contribution is 6.39. The molecule has 2 aliphatic rings. The molecule has 1 heterocycles. The number of piperazine rings is 1. The second-order valence-electron chi connectivity index (χ2n) is 6.48. The molecule has 2 fully saturated rings. The van der Waals surface area contributed by atoms with Crippen molar-refractivity contribution in [1.82, 2.24) is 5.32 Å². The molecule has 1 saturated carbocycles. The molecule has 1 aliphatic carbocycles. The summed E-state index contributed by atoms with van der Waals surface area (Å²) < 4.78 is 13.4. The van der Waals surface area contributed by atoms with Gasteiger partial charge in [-0.1, -0.05) is 30.1 Å². The lowest BCUT2D eigenvalue weighted by Crippen LogP contribution is -2.64. The number of anilines is 1. The molecule has 2 nitrogen and oxygen atoms in total. The fraction of sp³-hybridized carbons (Fsp3) is 0.625. The molecule has 0 radical (unpaired) electrons. The van der Waals surface area contributed by atoms with E-state index >= 15 is 0 Å². The molecule has 1 saturated heterocycles. The van der Waals surface area contributed by atoms with Crippen LogP contribution in [0, 0.1) is 11.7 Å². The summed E-state index contributed by atoms with van der Waals surface area (Å²) in [6.07, 6.45) is 3.55. The molecule has 1 aliphatic heterocycles. The third-order valence-corrected chi connectivity index (χ3v) is 5.48. The molecule has 21 heavy (non-hydrogen) atoms. The average Bonchev–Trinajstić information content (AvgIpc) is 3.22. The minimum absolute atomic E-state index is 0.0900. The van der Waals surface area contributed by atoms with Crippen LogP contribution in [0.2, 0.25) is 10.0 Å². The molecule has 3 rings (SSSR count). The van der Waals surface area contributed by atoms with Crippen LogP contribution in [0.25, 0.3) is 0 Å². The number of hydrogen-bond acceptors (Lipinski definition) is 2.